The minimum atomic E-state index is 0.597. The minimum absolute atomic E-state index is 0.597. The number of hydrogen-bond acceptors (Lipinski definition) is 2. The van der Waals surface area contributed by atoms with Gasteiger partial charge in [0.05, 0.1) is 0 Å². The molecule has 0 bridgehead atoms. The number of nitrogens with two attached hydrogens (primary N) is 2. The maximum absolute atomic E-state index is 4.90. The first-order valence-electron chi connectivity index (χ1n) is 6.80. The summed E-state index contributed by atoms with van der Waals surface area (Å²) >= 11 is 1.82. The van der Waals surface area contributed by atoms with Crippen molar-refractivity contribution in [3.63, 3.8) is 0 Å². The van der Waals surface area contributed by atoms with Crippen LogP contribution in [-0.2, 0) is 30.2 Å². The van der Waals surface area contributed by atoms with Crippen LogP contribution in [0.2, 0.25) is 0 Å². The molecule has 109 valence electrons. The Hall–Kier alpha value is -0.467. The summed E-state index contributed by atoms with van der Waals surface area (Å²) in [6.45, 7) is 1.19. The van der Waals surface area contributed by atoms with Crippen LogP contribution in [0.15, 0.2) is 47.6 Å². The summed E-state index contributed by atoms with van der Waals surface area (Å²) in [5.41, 5.74) is 16.2. The molecule has 1 aromatic carbocycles. The molecule has 2 nitrogen and oxygen atoms in total. The number of allylic oxidation sites excluding steroid dienone is 4. The molecule has 0 spiro atoms. The predicted molar refractivity (Wildman–Crippen MR) is 83.2 cm³/mol. The molecule has 2 aliphatic rings. The Morgan fingerprint density at radius 3 is 1.60 bits per heavy atom. The van der Waals surface area contributed by atoms with Gasteiger partial charge in [0.15, 0.2) is 0 Å². The quantitative estimate of drug-likeness (QED) is 0.583. The molecule has 4 heteroatoms. The molecule has 0 aliphatic heterocycles. The first-order chi connectivity index (χ1) is 9.85. The van der Waals surface area contributed by atoms with Crippen LogP contribution < -0.4 is 11.5 Å². The van der Waals surface area contributed by atoms with Crippen LogP contribution in [0.4, 0.5) is 0 Å². The molecule has 0 unspecified atom stereocenters. The predicted octanol–water partition coefficient (Wildman–Crippen LogP) is 3.02. The Bertz CT molecular complexity index is 428. The van der Waals surface area contributed by atoms with E-state index in [1.165, 1.54) is 25.7 Å². The van der Waals surface area contributed by atoms with Gasteiger partial charge < -0.3 is 11.5 Å². The molecular formula is C16H22ClN2Ru+2. The number of benzene rings is 1. The van der Waals surface area contributed by atoms with Gasteiger partial charge in [-0.15, -0.1) is 0 Å². The van der Waals surface area contributed by atoms with Crippen molar-refractivity contribution in [2.45, 2.75) is 25.7 Å². The first-order valence-corrected chi connectivity index (χ1v) is 9.04. The Morgan fingerprint density at radius 1 is 0.850 bits per heavy atom. The van der Waals surface area contributed by atoms with Crippen molar-refractivity contribution >= 4 is 9.69 Å². The second-order valence-corrected chi connectivity index (χ2v) is 4.79. The van der Waals surface area contributed by atoms with E-state index in [1.54, 1.807) is 22.3 Å². The Balaban J connectivity index is 0.000000291. The average molecular weight is 379 g/mol. The van der Waals surface area contributed by atoms with E-state index in [9.17, 15) is 0 Å². The standard InChI is InChI=1S/C14H14.C2H8N2.ClH.Ru/c1-2-6-12-10-14-8-4-3-7-13(14)9-11(12)5-1;3-1-2-4;;/h1-6H,7-10H2;1-4H2;1H;/q;;;+3/p-1. The van der Waals surface area contributed by atoms with Crippen LogP contribution in [0.5, 0.6) is 0 Å². The number of fused-ring (bicyclic) bond motifs is 1. The maximum atomic E-state index is 4.90. The molecule has 0 fully saturated rings. The molecule has 0 saturated heterocycles. The molecule has 0 aromatic heterocycles. The van der Waals surface area contributed by atoms with Crippen molar-refractivity contribution in [3.05, 3.63) is 58.7 Å². The van der Waals surface area contributed by atoms with Gasteiger partial charge in [-0.2, -0.15) is 0 Å². The Kier molecular flexibility index (Phi) is 9.05. The molecular weight excluding hydrogens is 357 g/mol. The van der Waals surface area contributed by atoms with Crippen molar-refractivity contribution in [2.75, 3.05) is 13.1 Å². The van der Waals surface area contributed by atoms with Crippen LogP contribution in [0.1, 0.15) is 24.0 Å². The van der Waals surface area contributed by atoms with E-state index in [0.29, 0.717) is 13.1 Å². The molecule has 0 radical (unpaired) electrons. The fraction of sp³-hybridized carbons (Fsp3) is 0.375. The van der Waals surface area contributed by atoms with Gasteiger partial charge in [0.25, 0.3) is 0 Å². The van der Waals surface area contributed by atoms with E-state index in [0.717, 1.165) is 0 Å². The summed E-state index contributed by atoms with van der Waals surface area (Å²) in [5.74, 6) is 0. The molecule has 0 amide bonds. The van der Waals surface area contributed by atoms with E-state index < -0.39 is 0 Å². The fourth-order valence-corrected chi connectivity index (χ4v) is 2.50. The summed E-state index contributed by atoms with van der Waals surface area (Å²) in [5, 5.41) is 0. The van der Waals surface area contributed by atoms with Crippen molar-refractivity contribution in [3.8, 4) is 0 Å². The van der Waals surface area contributed by atoms with Crippen LogP contribution in [0.3, 0.4) is 0 Å². The second kappa shape index (κ2) is 10.3. The molecule has 4 N–H and O–H groups in total. The SMILES string of the molecule is C1=CCC2=C(C1)Cc1ccccc1C2.NCCN.[Cl][Ru+2]. The van der Waals surface area contributed by atoms with Crippen molar-refractivity contribution < 1.29 is 17.3 Å². The van der Waals surface area contributed by atoms with Gasteiger partial charge in [0, 0.05) is 13.1 Å². The molecule has 1 aromatic rings. The zero-order chi connectivity index (χ0) is 14.8. The first kappa shape index (κ1) is 17.6. The zero-order valence-corrected chi connectivity index (χ0v) is 14.1. The van der Waals surface area contributed by atoms with Gasteiger partial charge in [0.2, 0.25) is 0 Å². The van der Waals surface area contributed by atoms with Gasteiger partial charge in [-0.3, -0.25) is 0 Å². The molecule has 0 saturated carbocycles. The third-order valence-corrected chi connectivity index (χ3v) is 3.49. The Labute approximate surface area is 136 Å². The van der Waals surface area contributed by atoms with E-state index in [4.69, 9.17) is 11.5 Å². The molecule has 0 atom stereocenters. The topological polar surface area (TPSA) is 52.0 Å². The van der Waals surface area contributed by atoms with Gasteiger partial charge in [0.1, 0.15) is 0 Å². The fourth-order valence-electron chi connectivity index (χ4n) is 2.50. The van der Waals surface area contributed by atoms with Crippen molar-refractivity contribution in [1.29, 1.82) is 0 Å². The summed E-state index contributed by atoms with van der Waals surface area (Å²) in [7, 11) is 4.57. The van der Waals surface area contributed by atoms with Gasteiger partial charge >= 0.3 is 27.0 Å². The molecule has 0 heterocycles. The van der Waals surface area contributed by atoms with E-state index in [-0.39, 0.29) is 0 Å². The van der Waals surface area contributed by atoms with Gasteiger partial charge in [-0.25, -0.2) is 0 Å². The number of halogens is 1. The van der Waals surface area contributed by atoms with E-state index in [1.807, 2.05) is 17.3 Å². The van der Waals surface area contributed by atoms with Crippen LogP contribution in [-0.4, -0.2) is 13.1 Å². The summed E-state index contributed by atoms with van der Waals surface area (Å²) < 4.78 is 0. The molecule has 3 rings (SSSR count). The van der Waals surface area contributed by atoms with E-state index >= 15 is 0 Å². The normalized spacial score (nSPS) is 15.2. The van der Waals surface area contributed by atoms with E-state index in [2.05, 4.69) is 46.1 Å². The molecule has 20 heavy (non-hydrogen) atoms. The zero-order valence-electron chi connectivity index (χ0n) is 11.6. The number of rotatable bonds is 1. The van der Waals surface area contributed by atoms with Crippen LogP contribution >= 0.6 is 9.69 Å². The van der Waals surface area contributed by atoms with Gasteiger partial charge in [-0.05, 0) is 36.8 Å². The third-order valence-electron chi connectivity index (χ3n) is 3.49. The van der Waals surface area contributed by atoms with Crippen LogP contribution in [0, 0.1) is 0 Å². The summed E-state index contributed by atoms with van der Waals surface area (Å²) in [4.78, 5) is 0. The van der Waals surface area contributed by atoms with Crippen molar-refractivity contribution in [1.82, 2.24) is 0 Å². The second-order valence-electron chi connectivity index (χ2n) is 4.79. The Morgan fingerprint density at radius 2 is 1.25 bits per heavy atom. The van der Waals surface area contributed by atoms with Crippen LogP contribution in [0.25, 0.3) is 0 Å². The van der Waals surface area contributed by atoms with Gasteiger partial charge in [-0.1, -0.05) is 47.6 Å². The van der Waals surface area contributed by atoms with Crippen molar-refractivity contribution in [2.24, 2.45) is 11.5 Å². The summed E-state index contributed by atoms with van der Waals surface area (Å²) in [6, 6.07) is 8.86. The average Bonchev–Trinajstić information content (AvgIpc) is 2.55. The summed E-state index contributed by atoms with van der Waals surface area (Å²) in [6.07, 6.45) is 9.37. The monoisotopic (exact) mass is 379 g/mol. The third kappa shape index (κ3) is 5.14. The number of hydrogen-bond donors (Lipinski definition) is 2. The molecule has 2 aliphatic carbocycles.